The molecule has 0 unspecified atom stereocenters. The highest BCUT2D eigenvalue weighted by Gasteiger charge is 2.34. The smallest absolute Gasteiger partial charge is 0.395 e. The molecule has 0 radical (unpaired) electrons. The van der Waals surface area contributed by atoms with Crippen LogP contribution in [0, 0.1) is 0 Å². The fourth-order valence-electron chi connectivity index (χ4n) is 0.507. The molecule has 1 heterocycles. The predicted octanol–water partition coefficient (Wildman–Crippen LogP) is 1.73. The minimum absolute atomic E-state index is 0.0790. The molecular formula is C5H3ClF3N3. The first-order valence-corrected chi connectivity index (χ1v) is 3.14. The van der Waals surface area contributed by atoms with Crippen LogP contribution < -0.4 is 5.73 Å². The highest BCUT2D eigenvalue weighted by Crippen LogP contribution is 2.27. The van der Waals surface area contributed by atoms with E-state index in [-0.39, 0.29) is 5.69 Å². The van der Waals surface area contributed by atoms with Gasteiger partial charge in [-0.05, 0) is 0 Å². The van der Waals surface area contributed by atoms with Crippen LogP contribution in [0.2, 0.25) is 5.15 Å². The standard InChI is InChI=1S/C5H3ClF3N3/c6-3-2(10)1-11-4(12-3)5(7,8)9/h1H,10H2. The molecule has 2 N–H and O–H groups in total. The van der Waals surface area contributed by atoms with Gasteiger partial charge >= 0.3 is 6.18 Å². The second kappa shape index (κ2) is 2.78. The number of halogens is 4. The SMILES string of the molecule is Nc1cnc(C(F)(F)F)nc1Cl. The Hall–Kier alpha value is -1.04. The monoisotopic (exact) mass is 197 g/mol. The van der Waals surface area contributed by atoms with Crippen molar-refractivity contribution >= 4 is 17.3 Å². The summed E-state index contributed by atoms with van der Waals surface area (Å²) >= 11 is 5.24. The van der Waals surface area contributed by atoms with Gasteiger partial charge in [0.25, 0.3) is 0 Å². The van der Waals surface area contributed by atoms with Crippen LogP contribution in [0.1, 0.15) is 5.82 Å². The average Bonchev–Trinajstić information content (AvgIpc) is 1.92. The van der Waals surface area contributed by atoms with Crippen molar-refractivity contribution in [3.63, 3.8) is 0 Å². The molecule has 0 spiro atoms. The first kappa shape index (κ1) is 9.05. The topological polar surface area (TPSA) is 51.8 Å². The number of anilines is 1. The third-order valence-electron chi connectivity index (χ3n) is 1.02. The molecule has 0 bridgehead atoms. The maximum absolute atomic E-state index is 11.9. The van der Waals surface area contributed by atoms with Gasteiger partial charge in [0.15, 0.2) is 5.15 Å². The Morgan fingerprint density at radius 2 is 2.00 bits per heavy atom. The molecule has 66 valence electrons. The van der Waals surface area contributed by atoms with Crippen molar-refractivity contribution in [1.29, 1.82) is 0 Å². The third-order valence-corrected chi connectivity index (χ3v) is 1.32. The van der Waals surface area contributed by atoms with Crippen LogP contribution >= 0.6 is 11.6 Å². The number of rotatable bonds is 0. The summed E-state index contributed by atoms with van der Waals surface area (Å²) in [6.07, 6.45) is -3.77. The lowest BCUT2D eigenvalue weighted by Crippen LogP contribution is -2.11. The van der Waals surface area contributed by atoms with Gasteiger partial charge in [0, 0.05) is 0 Å². The molecule has 0 aliphatic heterocycles. The quantitative estimate of drug-likeness (QED) is 0.645. The molecule has 0 fully saturated rings. The van der Waals surface area contributed by atoms with E-state index < -0.39 is 17.2 Å². The lowest BCUT2D eigenvalue weighted by atomic mass is 10.5. The van der Waals surface area contributed by atoms with E-state index in [9.17, 15) is 13.2 Å². The number of nitrogens with zero attached hydrogens (tertiary/aromatic N) is 2. The second-order valence-electron chi connectivity index (χ2n) is 1.94. The molecule has 1 aromatic rings. The summed E-state index contributed by atoms with van der Waals surface area (Å²) in [5.74, 6) is -1.29. The molecule has 7 heteroatoms. The minimum Gasteiger partial charge on any atom is -0.395 e. The first-order valence-electron chi connectivity index (χ1n) is 2.76. The van der Waals surface area contributed by atoms with Crippen LogP contribution in [0.25, 0.3) is 0 Å². The highest BCUT2D eigenvalue weighted by atomic mass is 35.5. The summed E-state index contributed by atoms with van der Waals surface area (Å²) in [7, 11) is 0. The van der Waals surface area contributed by atoms with Gasteiger partial charge in [-0.3, -0.25) is 0 Å². The Morgan fingerprint density at radius 1 is 1.42 bits per heavy atom. The van der Waals surface area contributed by atoms with E-state index in [2.05, 4.69) is 9.97 Å². The molecular weight excluding hydrogens is 195 g/mol. The summed E-state index contributed by atoms with van der Waals surface area (Å²) in [6.45, 7) is 0. The molecule has 0 amide bonds. The van der Waals surface area contributed by atoms with Gasteiger partial charge in [-0.2, -0.15) is 13.2 Å². The summed E-state index contributed by atoms with van der Waals surface area (Å²) in [5, 5.41) is -0.391. The zero-order valence-electron chi connectivity index (χ0n) is 5.56. The van der Waals surface area contributed by atoms with Gasteiger partial charge in [0.1, 0.15) is 0 Å². The molecule has 1 aromatic heterocycles. The summed E-state index contributed by atoms with van der Waals surface area (Å²) in [4.78, 5) is 5.91. The fraction of sp³-hybridized carbons (Fsp3) is 0.200. The molecule has 0 saturated carbocycles. The molecule has 0 aliphatic rings. The highest BCUT2D eigenvalue weighted by molar-refractivity contribution is 6.31. The summed E-state index contributed by atoms with van der Waals surface area (Å²) in [6, 6.07) is 0. The van der Waals surface area contributed by atoms with Crippen LogP contribution in [0.15, 0.2) is 6.20 Å². The summed E-state index contributed by atoms with van der Waals surface area (Å²) < 4.78 is 35.6. The van der Waals surface area contributed by atoms with Crippen LogP contribution in [0.5, 0.6) is 0 Å². The van der Waals surface area contributed by atoms with Gasteiger partial charge in [-0.1, -0.05) is 11.6 Å². The van der Waals surface area contributed by atoms with Crippen LogP contribution in [0.3, 0.4) is 0 Å². The predicted molar refractivity (Wildman–Crippen MR) is 36.5 cm³/mol. The van der Waals surface area contributed by atoms with E-state index in [1.165, 1.54) is 0 Å². The Morgan fingerprint density at radius 3 is 2.42 bits per heavy atom. The zero-order chi connectivity index (χ0) is 9.35. The van der Waals surface area contributed by atoms with Crippen molar-refractivity contribution in [3.05, 3.63) is 17.2 Å². The summed E-state index contributed by atoms with van der Waals surface area (Å²) in [5.41, 5.74) is 5.03. The van der Waals surface area contributed by atoms with E-state index in [1.54, 1.807) is 0 Å². The number of hydrogen-bond acceptors (Lipinski definition) is 3. The second-order valence-corrected chi connectivity index (χ2v) is 2.30. The first-order chi connectivity index (χ1) is 5.41. The lowest BCUT2D eigenvalue weighted by molar-refractivity contribution is -0.144. The Kier molecular flexibility index (Phi) is 2.10. The number of alkyl halides is 3. The van der Waals surface area contributed by atoms with Crippen molar-refractivity contribution in [2.45, 2.75) is 6.18 Å². The molecule has 0 aromatic carbocycles. The zero-order valence-corrected chi connectivity index (χ0v) is 6.32. The fourth-order valence-corrected chi connectivity index (χ4v) is 0.636. The van der Waals surface area contributed by atoms with Gasteiger partial charge in [0.05, 0.1) is 11.9 Å². The van der Waals surface area contributed by atoms with E-state index in [0.29, 0.717) is 0 Å². The van der Waals surface area contributed by atoms with Crippen molar-refractivity contribution < 1.29 is 13.2 Å². The van der Waals surface area contributed by atoms with Crippen molar-refractivity contribution in [2.24, 2.45) is 0 Å². The molecule has 0 aliphatic carbocycles. The molecule has 12 heavy (non-hydrogen) atoms. The van der Waals surface area contributed by atoms with Crippen molar-refractivity contribution in [3.8, 4) is 0 Å². The average molecular weight is 198 g/mol. The van der Waals surface area contributed by atoms with Gasteiger partial charge < -0.3 is 5.73 Å². The Bertz CT molecular complexity index is 298. The molecule has 0 atom stereocenters. The normalized spacial score (nSPS) is 11.7. The number of hydrogen-bond donors (Lipinski definition) is 1. The molecule has 3 nitrogen and oxygen atoms in total. The lowest BCUT2D eigenvalue weighted by Gasteiger charge is -2.04. The third kappa shape index (κ3) is 1.76. The molecule has 0 saturated heterocycles. The molecule has 1 rings (SSSR count). The number of nitrogen functional groups attached to an aromatic ring is 1. The van der Waals surface area contributed by atoms with Crippen LogP contribution in [-0.4, -0.2) is 9.97 Å². The van der Waals surface area contributed by atoms with E-state index in [4.69, 9.17) is 17.3 Å². The van der Waals surface area contributed by atoms with E-state index >= 15 is 0 Å². The van der Waals surface area contributed by atoms with Gasteiger partial charge in [-0.15, -0.1) is 0 Å². The number of aromatic nitrogens is 2. The van der Waals surface area contributed by atoms with Crippen LogP contribution in [-0.2, 0) is 6.18 Å². The Labute approximate surface area is 70.4 Å². The minimum atomic E-state index is -4.59. The largest absolute Gasteiger partial charge is 0.451 e. The number of nitrogens with two attached hydrogens (primary N) is 1. The van der Waals surface area contributed by atoms with E-state index in [0.717, 1.165) is 6.20 Å². The van der Waals surface area contributed by atoms with Crippen molar-refractivity contribution in [1.82, 2.24) is 9.97 Å². The maximum atomic E-state index is 11.9. The van der Waals surface area contributed by atoms with E-state index in [1.807, 2.05) is 0 Å². The van der Waals surface area contributed by atoms with Crippen molar-refractivity contribution in [2.75, 3.05) is 5.73 Å². The van der Waals surface area contributed by atoms with Crippen LogP contribution in [0.4, 0.5) is 18.9 Å². The van der Waals surface area contributed by atoms with Gasteiger partial charge in [0.2, 0.25) is 5.82 Å². The maximum Gasteiger partial charge on any atom is 0.451 e. The van der Waals surface area contributed by atoms with Gasteiger partial charge in [-0.25, -0.2) is 9.97 Å². The Balaban J connectivity index is 3.14.